The molecule has 0 aliphatic carbocycles. The summed E-state index contributed by atoms with van der Waals surface area (Å²) in [7, 11) is 1.35. The predicted octanol–water partition coefficient (Wildman–Crippen LogP) is 1.12. The fraction of sp³-hybridized carbons (Fsp3) is 0.960. The first kappa shape index (κ1) is 36.1. The van der Waals surface area contributed by atoms with Gasteiger partial charge in [-0.15, -0.1) is 0 Å². The topological polar surface area (TPSA) is 119 Å². The molecule has 0 rings (SSSR count). The molecule has 0 aromatic heterocycles. The summed E-state index contributed by atoms with van der Waals surface area (Å²) in [5.41, 5.74) is 0. The minimum absolute atomic E-state index is 0.231. The average molecular weight is 543 g/mol. The highest BCUT2D eigenvalue weighted by atomic mass is 16.6. The van der Waals surface area contributed by atoms with Crippen LogP contribution in [-0.4, -0.2) is 145 Å². The molecule has 0 amide bonds. The number of ether oxygens (including phenoxy) is 11. The Morgan fingerprint density at radius 1 is 0.432 bits per heavy atom. The molecule has 0 heterocycles. The zero-order valence-electron chi connectivity index (χ0n) is 23.1. The van der Waals surface area contributed by atoms with Crippen LogP contribution in [0.5, 0.6) is 0 Å². The molecule has 0 aromatic rings. The molecule has 12 nitrogen and oxygen atoms in total. The van der Waals surface area contributed by atoms with Gasteiger partial charge in [0, 0.05) is 0 Å². The first-order chi connectivity index (χ1) is 18.2. The number of hydrogen-bond donors (Lipinski definition) is 0. The molecular formula is C25H50O12. The van der Waals surface area contributed by atoms with Gasteiger partial charge in [0.15, 0.2) is 0 Å². The van der Waals surface area contributed by atoms with Gasteiger partial charge >= 0.3 is 5.97 Å². The van der Waals surface area contributed by atoms with Crippen LogP contribution < -0.4 is 0 Å². The van der Waals surface area contributed by atoms with E-state index in [1.807, 2.05) is 13.8 Å². The lowest BCUT2D eigenvalue weighted by molar-refractivity contribution is -0.141. The molecule has 0 N–H and O–H groups in total. The van der Waals surface area contributed by atoms with Gasteiger partial charge in [0.2, 0.25) is 0 Å². The van der Waals surface area contributed by atoms with Crippen molar-refractivity contribution in [1.29, 1.82) is 0 Å². The zero-order chi connectivity index (χ0) is 27.1. The quantitative estimate of drug-likeness (QED) is 0.0923. The summed E-state index contributed by atoms with van der Waals surface area (Å²) in [6, 6.07) is 0. The molecule has 0 saturated heterocycles. The minimum atomic E-state index is -0.283. The summed E-state index contributed by atoms with van der Waals surface area (Å²) in [5.74, 6) is -0.283. The second-order valence-corrected chi connectivity index (χ2v) is 7.76. The van der Waals surface area contributed by atoms with Crippen LogP contribution in [0.3, 0.4) is 0 Å². The van der Waals surface area contributed by atoms with Crippen molar-refractivity contribution in [3.05, 3.63) is 0 Å². The van der Waals surface area contributed by atoms with E-state index in [2.05, 4.69) is 4.74 Å². The molecule has 12 heteroatoms. The predicted molar refractivity (Wildman–Crippen MR) is 135 cm³/mol. The molecule has 0 aliphatic heterocycles. The average Bonchev–Trinajstić information content (AvgIpc) is 2.89. The number of hydrogen-bond acceptors (Lipinski definition) is 12. The number of carbonyl (C=O) groups is 1. The molecule has 0 spiro atoms. The molecule has 0 saturated carbocycles. The molecule has 0 unspecified atom stereocenters. The third-order valence-corrected chi connectivity index (χ3v) is 4.33. The summed E-state index contributed by atoms with van der Waals surface area (Å²) in [4.78, 5) is 10.9. The Morgan fingerprint density at radius 3 is 0.919 bits per heavy atom. The van der Waals surface area contributed by atoms with E-state index >= 15 is 0 Å². The Hall–Kier alpha value is -0.930. The number of carbonyl (C=O) groups excluding carboxylic acids is 1. The molecule has 0 fully saturated rings. The molecule has 37 heavy (non-hydrogen) atoms. The van der Waals surface area contributed by atoms with Crippen LogP contribution in [0.2, 0.25) is 0 Å². The van der Waals surface area contributed by atoms with Crippen molar-refractivity contribution in [3.8, 4) is 0 Å². The highest BCUT2D eigenvalue weighted by molar-refractivity contribution is 5.69. The van der Waals surface area contributed by atoms with Gasteiger partial charge in [-0.25, -0.2) is 0 Å². The summed E-state index contributed by atoms with van der Waals surface area (Å²) in [6.45, 7) is 13.6. The van der Waals surface area contributed by atoms with E-state index in [0.717, 1.165) is 0 Å². The van der Waals surface area contributed by atoms with Crippen LogP contribution in [0.15, 0.2) is 0 Å². The Morgan fingerprint density at radius 2 is 0.676 bits per heavy atom. The standard InChI is InChI=1S/C25H50O12/c1-24(2)37-23-22-36-21-20-35-19-18-34-17-16-33-15-14-32-13-12-31-11-10-30-9-8-29-7-6-28-5-4-25(26)27-3/h24H,4-23H2,1-3H3. The van der Waals surface area contributed by atoms with Crippen molar-refractivity contribution >= 4 is 5.97 Å². The van der Waals surface area contributed by atoms with Gasteiger partial charge in [-0.3, -0.25) is 4.79 Å². The largest absolute Gasteiger partial charge is 0.469 e. The van der Waals surface area contributed by atoms with Crippen LogP contribution in [0.4, 0.5) is 0 Å². The molecule has 0 radical (unpaired) electrons. The van der Waals surface area contributed by atoms with Gasteiger partial charge in [0.05, 0.1) is 145 Å². The molecule has 0 aliphatic rings. The van der Waals surface area contributed by atoms with E-state index in [-0.39, 0.29) is 18.5 Å². The van der Waals surface area contributed by atoms with E-state index in [0.29, 0.717) is 126 Å². The van der Waals surface area contributed by atoms with Crippen LogP contribution in [0.25, 0.3) is 0 Å². The lowest BCUT2D eigenvalue weighted by Gasteiger charge is -2.09. The Labute approximate surface area is 222 Å². The van der Waals surface area contributed by atoms with Crippen molar-refractivity contribution in [2.75, 3.05) is 133 Å². The van der Waals surface area contributed by atoms with E-state index in [9.17, 15) is 4.79 Å². The number of esters is 1. The van der Waals surface area contributed by atoms with Gasteiger partial charge in [0.25, 0.3) is 0 Å². The number of rotatable bonds is 31. The number of methoxy groups -OCH3 is 1. The van der Waals surface area contributed by atoms with E-state index in [1.54, 1.807) is 0 Å². The maximum Gasteiger partial charge on any atom is 0.307 e. The van der Waals surface area contributed by atoms with Gasteiger partial charge in [-0.05, 0) is 13.8 Å². The molecule has 0 bridgehead atoms. The zero-order valence-corrected chi connectivity index (χ0v) is 23.1. The van der Waals surface area contributed by atoms with Gasteiger partial charge in [-0.2, -0.15) is 0 Å². The summed E-state index contributed by atoms with van der Waals surface area (Å²) >= 11 is 0. The monoisotopic (exact) mass is 542 g/mol. The smallest absolute Gasteiger partial charge is 0.307 e. The maximum atomic E-state index is 10.9. The lowest BCUT2D eigenvalue weighted by atomic mass is 10.5. The fourth-order valence-electron chi connectivity index (χ4n) is 2.46. The molecular weight excluding hydrogens is 492 g/mol. The first-order valence-corrected chi connectivity index (χ1v) is 13.0. The van der Waals surface area contributed by atoms with E-state index in [1.165, 1.54) is 7.11 Å². The molecule has 0 aromatic carbocycles. The molecule has 222 valence electrons. The third kappa shape index (κ3) is 33.0. The SMILES string of the molecule is COC(=O)CCOCCOCCOCCOCCOCCOCCOCCOCCOCCOC(C)C. The lowest BCUT2D eigenvalue weighted by Crippen LogP contribution is -2.15. The van der Waals surface area contributed by atoms with Crippen LogP contribution >= 0.6 is 0 Å². The highest BCUT2D eigenvalue weighted by Crippen LogP contribution is 1.89. The second kappa shape index (κ2) is 31.3. The Kier molecular flexibility index (Phi) is 30.5. The van der Waals surface area contributed by atoms with Gasteiger partial charge in [0.1, 0.15) is 0 Å². The fourth-order valence-corrected chi connectivity index (χ4v) is 2.46. The van der Waals surface area contributed by atoms with Crippen molar-refractivity contribution < 1.29 is 56.9 Å². The normalized spacial score (nSPS) is 11.5. The Balaban J connectivity index is 3.04. The van der Waals surface area contributed by atoms with Crippen LogP contribution in [0, 0.1) is 0 Å². The minimum Gasteiger partial charge on any atom is -0.469 e. The maximum absolute atomic E-state index is 10.9. The van der Waals surface area contributed by atoms with Crippen molar-refractivity contribution in [3.63, 3.8) is 0 Å². The van der Waals surface area contributed by atoms with E-state index in [4.69, 9.17) is 47.4 Å². The summed E-state index contributed by atoms with van der Waals surface area (Å²) < 4.78 is 58.5. The van der Waals surface area contributed by atoms with Crippen molar-refractivity contribution in [2.24, 2.45) is 0 Å². The third-order valence-electron chi connectivity index (χ3n) is 4.33. The van der Waals surface area contributed by atoms with E-state index < -0.39 is 0 Å². The van der Waals surface area contributed by atoms with Gasteiger partial charge < -0.3 is 52.1 Å². The molecule has 0 atom stereocenters. The van der Waals surface area contributed by atoms with Gasteiger partial charge in [-0.1, -0.05) is 0 Å². The van der Waals surface area contributed by atoms with Crippen LogP contribution in [0.1, 0.15) is 20.3 Å². The van der Waals surface area contributed by atoms with Crippen molar-refractivity contribution in [1.82, 2.24) is 0 Å². The van der Waals surface area contributed by atoms with Crippen LogP contribution in [-0.2, 0) is 56.9 Å². The summed E-state index contributed by atoms with van der Waals surface area (Å²) in [6.07, 6.45) is 0.479. The second-order valence-electron chi connectivity index (χ2n) is 7.76. The van der Waals surface area contributed by atoms with Crippen molar-refractivity contribution in [2.45, 2.75) is 26.4 Å². The first-order valence-electron chi connectivity index (χ1n) is 13.0. The highest BCUT2D eigenvalue weighted by Gasteiger charge is 1.99. The Bertz CT molecular complexity index is 453. The summed E-state index contributed by atoms with van der Waals surface area (Å²) in [5, 5.41) is 0.